The van der Waals surface area contributed by atoms with Crippen molar-refractivity contribution >= 4 is 15.9 Å². The smallest absolute Gasteiger partial charge is 0.143 e. The van der Waals surface area contributed by atoms with E-state index in [9.17, 15) is 5.11 Å². The van der Waals surface area contributed by atoms with Gasteiger partial charge in [0.15, 0.2) is 0 Å². The van der Waals surface area contributed by atoms with Crippen LogP contribution in [-0.4, -0.2) is 17.2 Å². The van der Waals surface area contributed by atoms with Crippen LogP contribution in [0.2, 0.25) is 0 Å². The molecule has 20 heavy (non-hydrogen) atoms. The van der Waals surface area contributed by atoms with Crippen molar-refractivity contribution in [1.29, 1.82) is 0 Å². The van der Waals surface area contributed by atoms with E-state index < -0.39 is 6.10 Å². The van der Waals surface area contributed by atoms with Crippen molar-refractivity contribution < 1.29 is 14.6 Å². The maximum absolute atomic E-state index is 10.3. The molecular formula is C15H14BrNO3. The molecule has 1 aliphatic rings. The Hall–Kier alpha value is -1.59. The van der Waals surface area contributed by atoms with Gasteiger partial charge in [-0.05, 0) is 40.2 Å². The summed E-state index contributed by atoms with van der Waals surface area (Å²) in [5, 5.41) is 10.3. The zero-order valence-corrected chi connectivity index (χ0v) is 12.5. The van der Waals surface area contributed by atoms with Crippen LogP contribution in [0.5, 0.6) is 11.5 Å². The summed E-state index contributed by atoms with van der Waals surface area (Å²) < 4.78 is 12.1. The summed E-state index contributed by atoms with van der Waals surface area (Å²) in [5.41, 5.74) is 1.60. The van der Waals surface area contributed by atoms with Gasteiger partial charge in [0.25, 0.3) is 0 Å². The molecule has 1 unspecified atom stereocenters. The lowest BCUT2D eigenvalue weighted by Crippen LogP contribution is -2.19. The minimum Gasteiger partial charge on any atom is -0.497 e. The Bertz CT molecular complexity index is 615. The molecule has 2 atom stereocenters. The van der Waals surface area contributed by atoms with Crippen LogP contribution in [-0.2, 0) is 0 Å². The van der Waals surface area contributed by atoms with E-state index in [2.05, 4.69) is 20.9 Å². The van der Waals surface area contributed by atoms with Gasteiger partial charge in [0.2, 0.25) is 0 Å². The highest BCUT2D eigenvalue weighted by Crippen LogP contribution is 2.41. The highest BCUT2D eigenvalue weighted by atomic mass is 79.9. The number of rotatable bonds is 2. The largest absolute Gasteiger partial charge is 0.497 e. The summed E-state index contributed by atoms with van der Waals surface area (Å²) in [4.78, 5) is 4.34. The lowest BCUT2D eigenvalue weighted by Gasteiger charge is -2.29. The van der Waals surface area contributed by atoms with Gasteiger partial charge in [-0.15, -0.1) is 0 Å². The molecule has 0 saturated carbocycles. The standard InChI is InChI=1S/C15H14BrNO3/c1-19-10-3-4-11-13(18)7-15(20-14(11)6-10)12-5-2-9(16)8-17-12/h2-6,8,13,15,18H,7H2,1H3/t13-,15?/m1/s1. The molecule has 0 amide bonds. The van der Waals surface area contributed by atoms with Gasteiger partial charge in [-0.25, -0.2) is 0 Å². The van der Waals surface area contributed by atoms with E-state index in [1.165, 1.54) is 0 Å². The van der Waals surface area contributed by atoms with Crippen molar-refractivity contribution in [1.82, 2.24) is 4.98 Å². The number of benzene rings is 1. The number of ether oxygens (including phenoxy) is 2. The minimum atomic E-state index is -0.555. The molecule has 0 saturated heterocycles. The Morgan fingerprint density at radius 2 is 2.20 bits per heavy atom. The monoisotopic (exact) mass is 335 g/mol. The normalized spacial score (nSPS) is 20.9. The fraction of sp³-hybridized carbons (Fsp3) is 0.267. The first-order valence-electron chi connectivity index (χ1n) is 6.31. The van der Waals surface area contributed by atoms with Gasteiger partial charge in [0, 0.05) is 28.7 Å². The summed E-state index contributed by atoms with van der Waals surface area (Å²) in [6, 6.07) is 9.27. The quantitative estimate of drug-likeness (QED) is 0.913. The summed E-state index contributed by atoms with van der Waals surface area (Å²) in [6.45, 7) is 0. The third-order valence-electron chi connectivity index (χ3n) is 3.37. The highest BCUT2D eigenvalue weighted by Gasteiger charge is 2.29. The fourth-order valence-electron chi connectivity index (χ4n) is 2.31. The Morgan fingerprint density at radius 1 is 1.35 bits per heavy atom. The van der Waals surface area contributed by atoms with E-state index in [1.54, 1.807) is 19.4 Å². The van der Waals surface area contributed by atoms with Gasteiger partial charge in [0.05, 0.1) is 18.9 Å². The SMILES string of the molecule is COc1ccc2c(c1)OC(c1ccc(Br)cn1)C[C@H]2O. The second kappa shape index (κ2) is 5.42. The molecule has 0 aliphatic carbocycles. The maximum Gasteiger partial charge on any atom is 0.143 e. The van der Waals surface area contributed by atoms with Crippen LogP contribution in [0.15, 0.2) is 41.0 Å². The number of hydrogen-bond donors (Lipinski definition) is 1. The molecule has 2 aromatic rings. The molecular weight excluding hydrogens is 322 g/mol. The summed E-state index contributed by atoms with van der Waals surface area (Å²) >= 11 is 3.36. The molecule has 1 aromatic carbocycles. The number of aliphatic hydroxyl groups is 1. The predicted octanol–water partition coefficient (Wildman–Crippen LogP) is 3.41. The zero-order valence-electron chi connectivity index (χ0n) is 10.9. The van der Waals surface area contributed by atoms with Crippen LogP contribution in [0, 0.1) is 0 Å². The van der Waals surface area contributed by atoms with Crippen LogP contribution in [0.1, 0.15) is 29.9 Å². The summed E-state index contributed by atoms with van der Waals surface area (Å²) in [6.07, 6.45) is 1.41. The molecule has 5 heteroatoms. The second-order valence-electron chi connectivity index (χ2n) is 4.66. The molecule has 1 N–H and O–H groups in total. The van der Waals surface area contributed by atoms with Crippen LogP contribution < -0.4 is 9.47 Å². The first-order chi connectivity index (χ1) is 9.67. The number of fused-ring (bicyclic) bond motifs is 1. The molecule has 3 rings (SSSR count). The highest BCUT2D eigenvalue weighted by molar-refractivity contribution is 9.10. The minimum absolute atomic E-state index is 0.252. The first kappa shape index (κ1) is 13.4. The van der Waals surface area contributed by atoms with Gasteiger partial charge in [-0.3, -0.25) is 4.98 Å². The van der Waals surface area contributed by atoms with Crippen LogP contribution in [0.4, 0.5) is 0 Å². The van der Waals surface area contributed by atoms with Crippen molar-refractivity contribution in [2.45, 2.75) is 18.6 Å². The van der Waals surface area contributed by atoms with E-state index in [0.717, 1.165) is 15.7 Å². The van der Waals surface area contributed by atoms with Gasteiger partial charge < -0.3 is 14.6 Å². The Labute approximate surface area is 125 Å². The van der Waals surface area contributed by atoms with E-state index in [4.69, 9.17) is 9.47 Å². The molecule has 104 valence electrons. The third-order valence-corrected chi connectivity index (χ3v) is 3.84. The molecule has 1 aromatic heterocycles. The van der Waals surface area contributed by atoms with Crippen molar-refractivity contribution in [3.05, 3.63) is 52.3 Å². The number of nitrogens with zero attached hydrogens (tertiary/aromatic N) is 1. The number of aliphatic hydroxyl groups excluding tert-OH is 1. The molecule has 0 radical (unpaired) electrons. The van der Waals surface area contributed by atoms with Gasteiger partial charge in [0.1, 0.15) is 17.6 Å². The Kier molecular flexibility index (Phi) is 3.63. The zero-order chi connectivity index (χ0) is 14.1. The predicted molar refractivity (Wildman–Crippen MR) is 77.9 cm³/mol. The Morgan fingerprint density at radius 3 is 2.90 bits per heavy atom. The van der Waals surface area contributed by atoms with E-state index in [1.807, 2.05) is 24.3 Å². The van der Waals surface area contributed by atoms with Crippen molar-refractivity contribution in [3.8, 4) is 11.5 Å². The van der Waals surface area contributed by atoms with Crippen LogP contribution in [0.3, 0.4) is 0 Å². The fourth-order valence-corrected chi connectivity index (χ4v) is 2.54. The number of aromatic nitrogens is 1. The molecule has 2 heterocycles. The van der Waals surface area contributed by atoms with Crippen LogP contribution in [0.25, 0.3) is 0 Å². The van der Waals surface area contributed by atoms with Crippen molar-refractivity contribution in [2.24, 2.45) is 0 Å². The number of methoxy groups -OCH3 is 1. The summed E-state index contributed by atoms with van der Waals surface area (Å²) in [7, 11) is 1.61. The number of hydrogen-bond acceptors (Lipinski definition) is 4. The topological polar surface area (TPSA) is 51.6 Å². The van der Waals surface area contributed by atoms with Gasteiger partial charge >= 0.3 is 0 Å². The average Bonchev–Trinajstić information content (AvgIpc) is 2.47. The maximum atomic E-state index is 10.3. The van der Waals surface area contributed by atoms with Gasteiger partial charge in [-0.1, -0.05) is 0 Å². The average molecular weight is 336 g/mol. The third kappa shape index (κ3) is 2.51. The van der Waals surface area contributed by atoms with E-state index in [-0.39, 0.29) is 6.10 Å². The molecule has 4 nitrogen and oxygen atoms in total. The Balaban J connectivity index is 1.92. The van der Waals surface area contributed by atoms with Crippen molar-refractivity contribution in [2.75, 3.05) is 7.11 Å². The first-order valence-corrected chi connectivity index (χ1v) is 7.11. The second-order valence-corrected chi connectivity index (χ2v) is 5.58. The number of pyridine rings is 1. The lowest BCUT2D eigenvalue weighted by molar-refractivity contribution is 0.0634. The lowest BCUT2D eigenvalue weighted by atomic mass is 9.97. The van der Waals surface area contributed by atoms with E-state index >= 15 is 0 Å². The van der Waals surface area contributed by atoms with Crippen LogP contribution >= 0.6 is 15.9 Å². The molecule has 0 bridgehead atoms. The van der Waals surface area contributed by atoms with Gasteiger partial charge in [-0.2, -0.15) is 0 Å². The summed E-state index contributed by atoms with van der Waals surface area (Å²) in [5.74, 6) is 1.36. The molecule has 0 spiro atoms. The number of halogens is 1. The molecule has 1 aliphatic heterocycles. The van der Waals surface area contributed by atoms with Crippen molar-refractivity contribution in [3.63, 3.8) is 0 Å². The molecule has 0 fully saturated rings. The van der Waals surface area contributed by atoms with E-state index in [0.29, 0.717) is 17.9 Å².